The molecule has 0 aliphatic heterocycles. The SMILES string of the molecule is Fc1cc(F)c(F)c(N/N=C\c2ccccc2C(F)(F)F)c1F. The number of hydrazone groups is 1. The summed E-state index contributed by atoms with van der Waals surface area (Å²) in [5, 5.41) is 3.20. The molecular formula is C14H7F7N2. The summed E-state index contributed by atoms with van der Waals surface area (Å²) in [5.41, 5.74) is -1.01. The van der Waals surface area contributed by atoms with Crippen molar-refractivity contribution >= 4 is 11.9 Å². The molecule has 9 heteroatoms. The zero-order valence-corrected chi connectivity index (χ0v) is 11.1. The summed E-state index contributed by atoms with van der Waals surface area (Å²) in [6.07, 6.45) is -4.03. The van der Waals surface area contributed by atoms with Crippen LogP contribution in [0.15, 0.2) is 35.4 Å². The van der Waals surface area contributed by atoms with E-state index >= 15 is 0 Å². The zero-order valence-electron chi connectivity index (χ0n) is 11.1. The first-order valence-electron chi connectivity index (χ1n) is 6.00. The van der Waals surface area contributed by atoms with Crippen LogP contribution in [0.3, 0.4) is 0 Å². The van der Waals surface area contributed by atoms with Gasteiger partial charge in [-0.15, -0.1) is 0 Å². The molecule has 2 nitrogen and oxygen atoms in total. The normalized spacial score (nSPS) is 12.0. The minimum absolute atomic E-state index is 0.00147. The van der Waals surface area contributed by atoms with E-state index in [2.05, 4.69) is 5.10 Å². The van der Waals surface area contributed by atoms with Crippen LogP contribution in [0, 0.1) is 23.3 Å². The number of nitrogens with zero attached hydrogens (tertiary/aromatic N) is 1. The first-order chi connectivity index (χ1) is 10.7. The number of rotatable bonds is 3. The van der Waals surface area contributed by atoms with Gasteiger partial charge in [0.1, 0.15) is 5.69 Å². The number of alkyl halides is 3. The minimum Gasteiger partial charge on any atom is -0.272 e. The van der Waals surface area contributed by atoms with Gasteiger partial charge in [0.2, 0.25) is 0 Å². The van der Waals surface area contributed by atoms with Crippen molar-refractivity contribution in [2.45, 2.75) is 6.18 Å². The summed E-state index contributed by atoms with van der Waals surface area (Å²) in [4.78, 5) is 0. The van der Waals surface area contributed by atoms with Crippen LogP contribution < -0.4 is 5.43 Å². The van der Waals surface area contributed by atoms with Crippen LogP contribution in [-0.4, -0.2) is 6.21 Å². The smallest absolute Gasteiger partial charge is 0.272 e. The summed E-state index contributed by atoms with van der Waals surface area (Å²) in [6, 6.07) is 4.28. The van der Waals surface area contributed by atoms with Gasteiger partial charge in [-0.1, -0.05) is 18.2 Å². The van der Waals surface area contributed by atoms with Crippen molar-refractivity contribution in [1.82, 2.24) is 0 Å². The molecule has 2 rings (SSSR count). The maximum absolute atomic E-state index is 13.3. The highest BCUT2D eigenvalue weighted by Crippen LogP contribution is 2.31. The Morgan fingerprint density at radius 2 is 1.48 bits per heavy atom. The lowest BCUT2D eigenvalue weighted by molar-refractivity contribution is -0.137. The molecular weight excluding hydrogens is 329 g/mol. The molecule has 122 valence electrons. The van der Waals surface area contributed by atoms with Gasteiger partial charge in [-0.2, -0.15) is 18.3 Å². The molecule has 0 saturated heterocycles. The van der Waals surface area contributed by atoms with Crippen LogP contribution in [0.25, 0.3) is 0 Å². The molecule has 0 bridgehead atoms. The van der Waals surface area contributed by atoms with E-state index in [1.54, 1.807) is 5.43 Å². The lowest BCUT2D eigenvalue weighted by Gasteiger charge is -2.09. The third-order valence-corrected chi connectivity index (χ3v) is 2.76. The fraction of sp³-hybridized carbons (Fsp3) is 0.0714. The predicted octanol–water partition coefficient (Wildman–Crippen LogP) is 4.71. The van der Waals surface area contributed by atoms with E-state index in [0.717, 1.165) is 18.2 Å². The molecule has 0 radical (unpaired) electrons. The number of anilines is 1. The second kappa shape index (κ2) is 6.27. The number of nitrogens with one attached hydrogen (secondary N) is 1. The first-order valence-corrected chi connectivity index (χ1v) is 6.00. The molecule has 0 unspecified atom stereocenters. The molecule has 0 aliphatic carbocycles. The molecule has 1 N–H and O–H groups in total. The summed E-state index contributed by atoms with van der Waals surface area (Å²) >= 11 is 0. The quantitative estimate of drug-likeness (QED) is 0.373. The van der Waals surface area contributed by atoms with Crippen molar-refractivity contribution in [3.63, 3.8) is 0 Å². The first kappa shape index (κ1) is 16.8. The van der Waals surface area contributed by atoms with E-state index in [1.165, 1.54) is 6.07 Å². The highest BCUT2D eigenvalue weighted by Gasteiger charge is 2.32. The van der Waals surface area contributed by atoms with Crippen LogP contribution >= 0.6 is 0 Å². The highest BCUT2D eigenvalue weighted by molar-refractivity contribution is 5.82. The lowest BCUT2D eigenvalue weighted by Crippen LogP contribution is -2.09. The Kier molecular flexibility index (Phi) is 4.57. The number of hydrogen-bond acceptors (Lipinski definition) is 2. The molecule has 2 aromatic rings. The summed E-state index contributed by atoms with van der Waals surface area (Å²) in [5.74, 6) is -6.83. The second-order valence-corrected chi connectivity index (χ2v) is 4.30. The Morgan fingerprint density at radius 3 is 2.04 bits per heavy atom. The van der Waals surface area contributed by atoms with Crippen LogP contribution in [-0.2, 0) is 6.18 Å². The lowest BCUT2D eigenvalue weighted by atomic mass is 10.1. The van der Waals surface area contributed by atoms with Gasteiger partial charge < -0.3 is 0 Å². The van der Waals surface area contributed by atoms with Crippen LogP contribution in [0.5, 0.6) is 0 Å². The van der Waals surface area contributed by atoms with Crippen molar-refractivity contribution in [3.8, 4) is 0 Å². The molecule has 0 aliphatic rings. The second-order valence-electron chi connectivity index (χ2n) is 4.30. The Morgan fingerprint density at radius 1 is 0.913 bits per heavy atom. The van der Waals surface area contributed by atoms with Crippen molar-refractivity contribution < 1.29 is 30.7 Å². The van der Waals surface area contributed by atoms with E-state index in [-0.39, 0.29) is 6.07 Å². The van der Waals surface area contributed by atoms with Gasteiger partial charge in [0, 0.05) is 11.6 Å². The van der Waals surface area contributed by atoms with Gasteiger partial charge in [-0.3, -0.25) is 5.43 Å². The van der Waals surface area contributed by atoms with E-state index in [0.29, 0.717) is 6.21 Å². The third-order valence-electron chi connectivity index (χ3n) is 2.76. The molecule has 0 aromatic heterocycles. The van der Waals surface area contributed by atoms with Gasteiger partial charge in [-0.25, -0.2) is 17.6 Å². The summed E-state index contributed by atoms with van der Waals surface area (Å²) < 4.78 is 90.8. The molecule has 0 fully saturated rings. The zero-order chi connectivity index (χ0) is 17.2. The molecule has 23 heavy (non-hydrogen) atoms. The van der Waals surface area contributed by atoms with Gasteiger partial charge in [0.25, 0.3) is 0 Å². The van der Waals surface area contributed by atoms with Crippen LogP contribution in [0.4, 0.5) is 36.4 Å². The molecule has 0 heterocycles. The fourth-order valence-electron chi connectivity index (χ4n) is 1.71. The van der Waals surface area contributed by atoms with E-state index < -0.39 is 46.3 Å². The average Bonchev–Trinajstić information content (AvgIpc) is 2.48. The topological polar surface area (TPSA) is 24.4 Å². The summed E-state index contributed by atoms with van der Waals surface area (Å²) in [7, 11) is 0. The van der Waals surface area contributed by atoms with Gasteiger partial charge in [-0.05, 0) is 6.07 Å². The van der Waals surface area contributed by atoms with E-state index in [4.69, 9.17) is 0 Å². The third kappa shape index (κ3) is 3.61. The van der Waals surface area contributed by atoms with Gasteiger partial charge in [0.05, 0.1) is 11.8 Å². The molecule has 0 amide bonds. The van der Waals surface area contributed by atoms with Crippen LogP contribution in [0.1, 0.15) is 11.1 Å². The molecule has 0 atom stereocenters. The average molecular weight is 336 g/mol. The highest BCUT2D eigenvalue weighted by atomic mass is 19.4. The summed E-state index contributed by atoms with van der Waals surface area (Å²) in [6.45, 7) is 0. The number of benzene rings is 2. The maximum Gasteiger partial charge on any atom is 0.417 e. The van der Waals surface area contributed by atoms with Crippen molar-refractivity contribution in [2.75, 3.05) is 5.43 Å². The molecule has 2 aromatic carbocycles. The van der Waals surface area contributed by atoms with Gasteiger partial charge in [0.15, 0.2) is 23.3 Å². The van der Waals surface area contributed by atoms with Crippen molar-refractivity contribution in [1.29, 1.82) is 0 Å². The fourth-order valence-corrected chi connectivity index (χ4v) is 1.71. The van der Waals surface area contributed by atoms with E-state index in [1.807, 2.05) is 0 Å². The van der Waals surface area contributed by atoms with E-state index in [9.17, 15) is 30.7 Å². The number of halogens is 7. The van der Waals surface area contributed by atoms with Crippen molar-refractivity contribution in [2.24, 2.45) is 5.10 Å². The van der Waals surface area contributed by atoms with Crippen LogP contribution in [0.2, 0.25) is 0 Å². The molecule has 0 spiro atoms. The minimum atomic E-state index is -4.66. The Labute approximate surface area is 125 Å². The standard InChI is InChI=1S/C14H7F7N2/c15-9-5-10(16)12(18)13(11(9)17)23-22-6-7-3-1-2-4-8(7)14(19,20)21/h1-6,23H/b22-6-. The Hall–Kier alpha value is -2.58. The van der Waals surface area contributed by atoms with Crippen molar-refractivity contribution in [3.05, 3.63) is 64.7 Å². The maximum atomic E-state index is 13.3. The molecule has 0 saturated carbocycles. The van der Waals surface area contributed by atoms with Gasteiger partial charge >= 0.3 is 6.18 Å². The Bertz CT molecular complexity index is 727. The Balaban J connectivity index is 2.31. The largest absolute Gasteiger partial charge is 0.417 e. The predicted molar refractivity (Wildman–Crippen MR) is 68.9 cm³/mol. The monoisotopic (exact) mass is 336 g/mol. The number of hydrogen-bond donors (Lipinski definition) is 1.